The van der Waals surface area contributed by atoms with Gasteiger partial charge >= 0.3 is 7.48 Å². The Labute approximate surface area is 205 Å². The minimum atomic E-state index is -0.948. The summed E-state index contributed by atoms with van der Waals surface area (Å²) in [5.74, 6) is 0. The third kappa shape index (κ3) is 3.54. The predicted molar refractivity (Wildman–Crippen MR) is 146 cm³/mol. The van der Waals surface area contributed by atoms with Crippen LogP contribution in [0, 0.1) is 0 Å². The first-order valence-electron chi connectivity index (χ1n) is 12.0. The van der Waals surface area contributed by atoms with E-state index in [-0.39, 0.29) is 0 Å². The van der Waals surface area contributed by atoms with Crippen LogP contribution in [-0.4, -0.2) is 28.4 Å². The van der Waals surface area contributed by atoms with Crippen molar-refractivity contribution in [3.05, 3.63) is 84.9 Å². The van der Waals surface area contributed by atoms with Crippen LogP contribution < -0.4 is 5.46 Å². The van der Waals surface area contributed by atoms with E-state index in [0.29, 0.717) is 7.48 Å². The van der Waals surface area contributed by atoms with Gasteiger partial charge in [-0.25, -0.2) is 0 Å². The maximum Gasteiger partial charge on any atom is 0.309 e. The molecule has 2 heterocycles. The average Bonchev–Trinajstić information content (AvgIpc) is 3.37. The van der Waals surface area contributed by atoms with Gasteiger partial charge in [0.05, 0.1) is 22.2 Å². The normalized spacial score (nSPS) is 12.8. The Kier molecular flexibility index (Phi) is 4.86. The molecular formula is C30H28BNO3. The molecule has 1 N–H and O–H groups in total. The molecule has 0 aliphatic rings. The fraction of sp³-hybridized carbons (Fsp3) is 0.200. The molecule has 0 spiro atoms. The summed E-state index contributed by atoms with van der Waals surface area (Å²) in [6, 6.07) is 29.6. The smallest absolute Gasteiger partial charge is 0.309 e. The number of aromatic nitrogens is 1. The number of rotatable bonds is 5. The topological polar surface area (TPSA) is 47.5 Å². The molecule has 4 nitrogen and oxygen atoms in total. The monoisotopic (exact) mass is 461 g/mol. The third-order valence-corrected chi connectivity index (χ3v) is 7.43. The van der Waals surface area contributed by atoms with E-state index in [2.05, 4.69) is 77.4 Å². The van der Waals surface area contributed by atoms with Crippen LogP contribution >= 0.6 is 0 Å². The number of nitrogens with zero attached hydrogens (tertiary/aromatic N) is 1. The van der Waals surface area contributed by atoms with Crippen molar-refractivity contribution in [3.8, 4) is 5.69 Å². The van der Waals surface area contributed by atoms with Gasteiger partial charge in [0.1, 0.15) is 11.2 Å². The van der Waals surface area contributed by atoms with Crippen LogP contribution in [0.5, 0.6) is 0 Å². The molecule has 0 amide bonds. The Balaban J connectivity index is 1.48. The average molecular weight is 461 g/mol. The summed E-state index contributed by atoms with van der Waals surface area (Å²) in [5.41, 5.74) is 4.60. The number of hydrogen-bond acceptors (Lipinski definition) is 3. The van der Waals surface area contributed by atoms with E-state index >= 15 is 0 Å². The molecule has 0 atom stereocenters. The zero-order chi connectivity index (χ0) is 24.4. The van der Waals surface area contributed by atoms with Crippen molar-refractivity contribution in [1.29, 1.82) is 0 Å². The van der Waals surface area contributed by atoms with Crippen molar-refractivity contribution in [3.63, 3.8) is 0 Å². The SMILES string of the molecule is CC(C)(O)C(C)(C)OBc1ccc2oc3ccc(-n4c5ccccc5c5ccccc54)cc3c2c1. The van der Waals surface area contributed by atoms with Crippen molar-refractivity contribution >= 4 is 56.7 Å². The summed E-state index contributed by atoms with van der Waals surface area (Å²) in [7, 11) is 0.409. The highest BCUT2D eigenvalue weighted by Gasteiger charge is 2.35. The van der Waals surface area contributed by atoms with E-state index in [1.807, 2.05) is 26.0 Å². The van der Waals surface area contributed by atoms with Crippen molar-refractivity contribution in [2.45, 2.75) is 38.9 Å². The molecule has 174 valence electrons. The lowest BCUT2D eigenvalue weighted by Crippen LogP contribution is -2.49. The second kappa shape index (κ2) is 7.74. The van der Waals surface area contributed by atoms with Crippen molar-refractivity contribution in [2.24, 2.45) is 0 Å². The lowest BCUT2D eigenvalue weighted by atomic mass is 9.82. The van der Waals surface area contributed by atoms with Gasteiger partial charge in [-0.15, -0.1) is 0 Å². The summed E-state index contributed by atoms with van der Waals surface area (Å²) in [6.07, 6.45) is 0. The standard InChI is InChI=1S/C30H28BNO3/c1-29(2,33)30(3,4)35-31-19-13-15-27-23(17-19)24-18-20(14-16-28(24)34-27)32-25-11-7-5-9-21(25)22-10-6-8-12-26(22)32/h5-18,31,33H,1-4H3. The molecule has 4 aromatic carbocycles. The fourth-order valence-corrected chi connectivity index (χ4v) is 4.68. The molecule has 5 heteroatoms. The molecule has 6 aromatic rings. The summed E-state index contributed by atoms with van der Waals surface area (Å²) in [5, 5.41) is 15.1. The Morgan fingerprint density at radius 3 is 1.91 bits per heavy atom. The summed E-state index contributed by atoms with van der Waals surface area (Å²) in [6.45, 7) is 7.37. The molecule has 0 radical (unpaired) electrons. The largest absolute Gasteiger partial charge is 0.456 e. The van der Waals surface area contributed by atoms with Gasteiger partial charge in [0, 0.05) is 27.2 Å². The molecular weight excluding hydrogens is 433 g/mol. The summed E-state index contributed by atoms with van der Waals surface area (Å²) >= 11 is 0. The molecule has 0 unspecified atom stereocenters. The predicted octanol–water partition coefficient (Wildman–Crippen LogP) is 6.23. The lowest BCUT2D eigenvalue weighted by Gasteiger charge is -2.37. The number of benzene rings is 4. The number of para-hydroxylation sites is 2. The molecule has 0 aliphatic heterocycles. The van der Waals surface area contributed by atoms with E-state index in [9.17, 15) is 5.11 Å². The quantitative estimate of drug-likeness (QED) is 0.310. The highest BCUT2D eigenvalue weighted by atomic mass is 16.5. The van der Waals surface area contributed by atoms with Crippen molar-refractivity contribution in [1.82, 2.24) is 4.57 Å². The lowest BCUT2D eigenvalue weighted by molar-refractivity contribution is -0.0893. The minimum absolute atomic E-state index is 0.409. The first kappa shape index (κ1) is 22.0. The van der Waals surface area contributed by atoms with Gasteiger partial charge in [0.2, 0.25) is 0 Å². The molecule has 0 saturated carbocycles. The van der Waals surface area contributed by atoms with Crippen LogP contribution in [-0.2, 0) is 4.65 Å². The Morgan fingerprint density at radius 2 is 1.29 bits per heavy atom. The van der Waals surface area contributed by atoms with E-state index in [4.69, 9.17) is 9.07 Å². The van der Waals surface area contributed by atoms with Crippen LogP contribution in [0.15, 0.2) is 89.3 Å². The van der Waals surface area contributed by atoms with Crippen LogP contribution in [0.3, 0.4) is 0 Å². The van der Waals surface area contributed by atoms with Gasteiger partial charge in [-0.3, -0.25) is 0 Å². The van der Waals surface area contributed by atoms with Crippen LogP contribution in [0.25, 0.3) is 49.4 Å². The molecule has 2 aromatic heterocycles. The van der Waals surface area contributed by atoms with Gasteiger partial charge in [-0.1, -0.05) is 54.0 Å². The van der Waals surface area contributed by atoms with Gasteiger partial charge in [0.15, 0.2) is 0 Å². The molecule has 0 bridgehead atoms. The minimum Gasteiger partial charge on any atom is -0.456 e. The first-order chi connectivity index (χ1) is 16.7. The zero-order valence-corrected chi connectivity index (χ0v) is 20.5. The van der Waals surface area contributed by atoms with Crippen molar-refractivity contribution < 1.29 is 14.2 Å². The van der Waals surface area contributed by atoms with E-state index in [0.717, 1.165) is 33.1 Å². The van der Waals surface area contributed by atoms with E-state index < -0.39 is 11.2 Å². The highest BCUT2D eigenvalue weighted by Crippen LogP contribution is 2.35. The van der Waals surface area contributed by atoms with Crippen molar-refractivity contribution in [2.75, 3.05) is 0 Å². The van der Waals surface area contributed by atoms with Crippen LogP contribution in [0.1, 0.15) is 27.7 Å². The number of aliphatic hydroxyl groups is 1. The van der Waals surface area contributed by atoms with Gasteiger partial charge < -0.3 is 18.7 Å². The van der Waals surface area contributed by atoms with Crippen LogP contribution in [0.4, 0.5) is 0 Å². The third-order valence-electron chi connectivity index (χ3n) is 7.43. The molecule has 0 saturated heterocycles. The summed E-state index contributed by atoms with van der Waals surface area (Å²) in [4.78, 5) is 0. The first-order valence-corrected chi connectivity index (χ1v) is 12.0. The maximum absolute atomic E-state index is 10.4. The number of furan rings is 1. The Morgan fingerprint density at radius 1 is 0.714 bits per heavy atom. The van der Waals surface area contributed by atoms with Gasteiger partial charge in [0.25, 0.3) is 0 Å². The zero-order valence-electron chi connectivity index (χ0n) is 20.5. The maximum atomic E-state index is 10.4. The van der Waals surface area contributed by atoms with Gasteiger partial charge in [-0.2, -0.15) is 0 Å². The second-order valence-electron chi connectivity index (χ2n) is 10.3. The van der Waals surface area contributed by atoms with E-state index in [1.165, 1.54) is 21.8 Å². The molecule has 6 rings (SSSR count). The number of hydrogen-bond donors (Lipinski definition) is 1. The second-order valence-corrected chi connectivity index (χ2v) is 10.3. The molecule has 0 fully saturated rings. The van der Waals surface area contributed by atoms with Crippen LogP contribution in [0.2, 0.25) is 0 Å². The summed E-state index contributed by atoms with van der Waals surface area (Å²) < 4.78 is 14.6. The molecule has 0 aliphatic carbocycles. The highest BCUT2D eigenvalue weighted by molar-refractivity contribution is 6.47. The van der Waals surface area contributed by atoms with Gasteiger partial charge in [-0.05, 0) is 64.1 Å². The fourth-order valence-electron chi connectivity index (χ4n) is 4.68. The molecule has 35 heavy (non-hydrogen) atoms. The van der Waals surface area contributed by atoms with E-state index in [1.54, 1.807) is 13.8 Å². The Bertz CT molecular complexity index is 1670. The Hall–Kier alpha value is -3.54. The number of fused-ring (bicyclic) bond motifs is 6.